The minimum atomic E-state index is 0. The van der Waals surface area contributed by atoms with Gasteiger partial charge in [-0.15, -0.1) is 0 Å². The molecule has 2 rings (SSSR count). The van der Waals surface area contributed by atoms with Crippen LogP contribution < -0.4 is 4.74 Å². The van der Waals surface area contributed by atoms with E-state index in [2.05, 4.69) is 6.08 Å². The van der Waals surface area contributed by atoms with Crippen LogP contribution in [0, 0.1) is 0 Å². The molecule has 0 unspecified atom stereocenters. The van der Waals surface area contributed by atoms with Crippen LogP contribution >= 0.6 is 0 Å². The van der Waals surface area contributed by atoms with E-state index >= 15 is 0 Å². The molecule has 56 valence electrons. The first-order valence-corrected chi connectivity index (χ1v) is 3.35. The first kappa shape index (κ1) is 12.4. The van der Waals surface area contributed by atoms with Gasteiger partial charge in [-0.1, -0.05) is 24.3 Å². The molecule has 0 atom stereocenters. The first-order valence-electron chi connectivity index (χ1n) is 3.35. The van der Waals surface area contributed by atoms with Gasteiger partial charge in [0.1, 0.15) is 12.4 Å². The van der Waals surface area contributed by atoms with E-state index in [1.807, 2.05) is 30.3 Å². The molecule has 3 heteroatoms. The molecule has 0 aromatic heterocycles. The first-order chi connectivity index (χ1) is 4.97. The molecule has 0 amide bonds. The Morgan fingerprint density at radius 1 is 1.17 bits per heavy atom. The van der Waals surface area contributed by atoms with Crippen LogP contribution in [0.1, 0.15) is 5.56 Å². The third-order valence-electron chi connectivity index (χ3n) is 1.55. The summed E-state index contributed by atoms with van der Waals surface area (Å²) in [5.41, 5.74) is 1.17. The van der Waals surface area contributed by atoms with E-state index in [0.717, 1.165) is 5.75 Å². The summed E-state index contributed by atoms with van der Waals surface area (Å²) in [4.78, 5) is 0. The molecule has 12 heavy (non-hydrogen) atoms. The fraction of sp³-hybridized carbons (Fsp3) is 0.111. The molecule has 1 aliphatic heterocycles. The van der Waals surface area contributed by atoms with E-state index in [4.69, 9.17) is 4.74 Å². The van der Waals surface area contributed by atoms with Crippen LogP contribution in [0.2, 0.25) is 0 Å². The zero-order valence-electron chi connectivity index (χ0n) is 6.79. The SMILES string of the molecule is C1=Cc2ccccc2OC1.[Mg].[Zr]. The third kappa shape index (κ3) is 2.72. The Labute approximate surface area is 107 Å². The van der Waals surface area contributed by atoms with Gasteiger partial charge in [-0.25, -0.2) is 0 Å². The van der Waals surface area contributed by atoms with E-state index in [1.54, 1.807) is 0 Å². The topological polar surface area (TPSA) is 9.23 Å². The van der Waals surface area contributed by atoms with Gasteiger partial charge in [0, 0.05) is 54.8 Å². The van der Waals surface area contributed by atoms with Crippen molar-refractivity contribution in [2.45, 2.75) is 0 Å². The fourth-order valence-electron chi connectivity index (χ4n) is 1.06. The molecule has 0 bridgehead atoms. The summed E-state index contributed by atoms with van der Waals surface area (Å²) in [6.07, 6.45) is 4.10. The summed E-state index contributed by atoms with van der Waals surface area (Å²) in [5.74, 6) is 0.991. The average molecular weight is 248 g/mol. The smallest absolute Gasteiger partial charge is 0.126 e. The van der Waals surface area contributed by atoms with Crippen LogP contribution in [-0.2, 0) is 26.2 Å². The summed E-state index contributed by atoms with van der Waals surface area (Å²) in [6, 6.07) is 8.03. The predicted octanol–water partition coefficient (Wildman–Crippen LogP) is 1.71. The summed E-state index contributed by atoms with van der Waals surface area (Å²) in [5, 5.41) is 0. The Hall–Kier alpha value is 0.409. The molecular formula is C9H8MgOZr. The van der Waals surface area contributed by atoms with Crippen molar-refractivity contribution in [2.75, 3.05) is 6.61 Å². The molecule has 1 heterocycles. The maximum Gasteiger partial charge on any atom is 0.126 e. The van der Waals surface area contributed by atoms with Crippen molar-refractivity contribution >= 4 is 29.1 Å². The van der Waals surface area contributed by atoms with Gasteiger partial charge >= 0.3 is 0 Å². The molecule has 2 radical (unpaired) electrons. The summed E-state index contributed by atoms with van der Waals surface area (Å²) in [6.45, 7) is 0.705. The van der Waals surface area contributed by atoms with E-state index < -0.39 is 0 Å². The predicted molar refractivity (Wildman–Crippen MR) is 46.7 cm³/mol. The van der Waals surface area contributed by atoms with Gasteiger partial charge in [0.25, 0.3) is 0 Å². The summed E-state index contributed by atoms with van der Waals surface area (Å²) >= 11 is 0. The second-order valence-corrected chi connectivity index (χ2v) is 2.25. The van der Waals surface area contributed by atoms with Crippen LogP contribution in [0.5, 0.6) is 5.75 Å². The van der Waals surface area contributed by atoms with Gasteiger partial charge in [-0.05, 0) is 12.1 Å². The van der Waals surface area contributed by atoms with Crippen molar-refractivity contribution in [3.63, 3.8) is 0 Å². The quantitative estimate of drug-likeness (QED) is 0.635. The second kappa shape index (κ2) is 5.95. The molecule has 0 saturated carbocycles. The van der Waals surface area contributed by atoms with Crippen LogP contribution in [0.15, 0.2) is 30.3 Å². The zero-order valence-corrected chi connectivity index (χ0v) is 10.7. The van der Waals surface area contributed by atoms with Crippen molar-refractivity contribution in [2.24, 2.45) is 0 Å². The Bertz CT molecular complexity index is 273. The molecule has 0 spiro atoms. The van der Waals surface area contributed by atoms with Crippen molar-refractivity contribution in [3.8, 4) is 5.75 Å². The zero-order chi connectivity index (χ0) is 6.81. The van der Waals surface area contributed by atoms with Crippen LogP contribution in [-0.4, -0.2) is 29.7 Å². The number of hydrogen-bond donors (Lipinski definition) is 0. The standard InChI is InChI=1S/C9H8O.Mg.Zr/c1-2-6-9-8(4-1)5-3-7-10-9;;/h1-6H,7H2;;. The van der Waals surface area contributed by atoms with E-state index in [-0.39, 0.29) is 49.3 Å². The molecule has 0 fully saturated rings. The molecule has 1 aliphatic rings. The Morgan fingerprint density at radius 2 is 1.92 bits per heavy atom. The van der Waals surface area contributed by atoms with Gasteiger partial charge in [0.05, 0.1) is 0 Å². The number of fused-ring (bicyclic) bond motifs is 1. The Balaban J connectivity index is 0.000000605. The maximum atomic E-state index is 5.34. The van der Waals surface area contributed by atoms with Crippen LogP contribution in [0.3, 0.4) is 0 Å². The summed E-state index contributed by atoms with van der Waals surface area (Å²) < 4.78 is 5.34. The second-order valence-electron chi connectivity index (χ2n) is 2.25. The number of benzene rings is 1. The molecule has 0 aliphatic carbocycles. The van der Waals surface area contributed by atoms with Crippen LogP contribution in [0.25, 0.3) is 6.08 Å². The number of hydrogen-bond acceptors (Lipinski definition) is 1. The largest absolute Gasteiger partial charge is 0.489 e. The van der Waals surface area contributed by atoms with Gasteiger partial charge in [-0.3, -0.25) is 0 Å². The van der Waals surface area contributed by atoms with E-state index in [0.29, 0.717) is 6.61 Å². The monoisotopic (exact) mass is 246 g/mol. The van der Waals surface area contributed by atoms with Crippen LogP contribution in [0.4, 0.5) is 0 Å². The van der Waals surface area contributed by atoms with Crippen molar-refractivity contribution < 1.29 is 30.9 Å². The number of ether oxygens (including phenoxy) is 1. The minimum absolute atomic E-state index is 0. The average Bonchev–Trinajstić information content (AvgIpc) is 2.05. The van der Waals surface area contributed by atoms with Crippen molar-refractivity contribution in [3.05, 3.63) is 35.9 Å². The fourth-order valence-corrected chi connectivity index (χ4v) is 1.06. The van der Waals surface area contributed by atoms with E-state index in [9.17, 15) is 0 Å². The molecular weight excluding hydrogens is 240 g/mol. The molecule has 1 nitrogen and oxygen atoms in total. The molecule has 1 aromatic rings. The van der Waals surface area contributed by atoms with Gasteiger partial charge in [0.2, 0.25) is 0 Å². The van der Waals surface area contributed by atoms with Crippen molar-refractivity contribution in [1.82, 2.24) is 0 Å². The molecule has 0 saturated heterocycles. The molecule has 0 N–H and O–H groups in total. The molecule has 1 aromatic carbocycles. The van der Waals surface area contributed by atoms with E-state index in [1.165, 1.54) is 5.56 Å². The minimum Gasteiger partial charge on any atom is -0.489 e. The number of para-hydroxylation sites is 1. The Morgan fingerprint density at radius 3 is 2.67 bits per heavy atom. The van der Waals surface area contributed by atoms with Gasteiger partial charge < -0.3 is 4.74 Å². The summed E-state index contributed by atoms with van der Waals surface area (Å²) in [7, 11) is 0. The van der Waals surface area contributed by atoms with Gasteiger partial charge in [-0.2, -0.15) is 0 Å². The van der Waals surface area contributed by atoms with Gasteiger partial charge in [0.15, 0.2) is 0 Å². The Kier molecular flexibility index (Phi) is 6.16. The maximum absolute atomic E-state index is 5.34. The normalized spacial score (nSPS) is 11.7. The number of rotatable bonds is 0. The van der Waals surface area contributed by atoms with Crippen molar-refractivity contribution in [1.29, 1.82) is 0 Å². The third-order valence-corrected chi connectivity index (χ3v) is 1.55.